The number of aromatic nitrogens is 2. The summed E-state index contributed by atoms with van der Waals surface area (Å²) in [4.78, 5) is 23.4. The number of benzene rings is 2. The minimum atomic E-state index is -0.648. The monoisotopic (exact) mass is 628 g/mol. The number of hydrogen-bond donors (Lipinski definition) is 3. The van der Waals surface area contributed by atoms with Crippen LogP contribution in [-0.4, -0.2) is 65.0 Å². The van der Waals surface area contributed by atoms with Crippen molar-refractivity contribution in [2.75, 3.05) is 37.4 Å². The van der Waals surface area contributed by atoms with Crippen LogP contribution in [0.3, 0.4) is 0 Å². The molecule has 2 aromatic carbocycles. The number of halogens is 1. The molecule has 1 fully saturated rings. The smallest absolute Gasteiger partial charge is 0.248 e. The number of nitriles is 1. The molecule has 3 N–H and O–H groups in total. The topological polar surface area (TPSA) is 142 Å². The minimum Gasteiger partial charge on any atom is -0.486 e. The number of hydrogen-bond acceptors (Lipinski definition) is 10. The van der Waals surface area contributed by atoms with Crippen molar-refractivity contribution >= 4 is 45.5 Å². The van der Waals surface area contributed by atoms with Crippen LogP contribution in [0.5, 0.6) is 11.5 Å². The van der Waals surface area contributed by atoms with E-state index in [0.717, 1.165) is 5.69 Å². The third-order valence-electron chi connectivity index (χ3n) is 7.13. The highest BCUT2D eigenvalue weighted by atomic mass is 35.5. The first-order chi connectivity index (χ1) is 21.8. The van der Waals surface area contributed by atoms with Gasteiger partial charge in [-0.3, -0.25) is 19.7 Å². The molecule has 5 rings (SSSR count). The lowest BCUT2D eigenvalue weighted by Crippen LogP contribution is -2.28. The van der Waals surface area contributed by atoms with Crippen molar-refractivity contribution in [1.29, 1.82) is 5.26 Å². The third kappa shape index (κ3) is 8.26. The molecule has 0 bridgehead atoms. The number of aliphatic hydroxyl groups is 1. The molecule has 232 valence electrons. The molecule has 12 heteroatoms. The maximum atomic E-state index is 12.9. The van der Waals surface area contributed by atoms with Crippen LogP contribution < -0.4 is 20.1 Å². The van der Waals surface area contributed by atoms with Gasteiger partial charge in [-0.15, -0.1) is 0 Å². The van der Waals surface area contributed by atoms with Crippen molar-refractivity contribution < 1.29 is 24.1 Å². The molecule has 0 radical (unpaired) electrons. The molecule has 2 aromatic heterocycles. The predicted molar refractivity (Wildman–Crippen MR) is 172 cm³/mol. The molecular weight excluding hydrogens is 596 g/mol. The molecule has 45 heavy (non-hydrogen) atoms. The summed E-state index contributed by atoms with van der Waals surface area (Å²) in [5, 5.41) is 26.8. The van der Waals surface area contributed by atoms with Crippen molar-refractivity contribution in [2.24, 2.45) is 0 Å². The van der Waals surface area contributed by atoms with E-state index < -0.39 is 6.23 Å². The Labute approximate surface area is 266 Å². The summed E-state index contributed by atoms with van der Waals surface area (Å²) in [6.07, 6.45) is 6.13. The van der Waals surface area contributed by atoms with Crippen molar-refractivity contribution in [3.8, 4) is 17.6 Å². The second-order valence-corrected chi connectivity index (χ2v) is 10.9. The van der Waals surface area contributed by atoms with Gasteiger partial charge in [-0.05, 0) is 50.4 Å². The number of ether oxygens (including phenoxy) is 3. The Kier molecular flexibility index (Phi) is 10.4. The Morgan fingerprint density at radius 3 is 2.84 bits per heavy atom. The standard InChI is InChI=1S/C33H33ClN6O5/c1-21(41)40(2)12-5-7-32(42)39-29-15-26-28(16-31(29)45-25-10-13-43-20-25)37-18-22(17-35)33(26)38-23-8-9-30(27(34)14-23)44-19-24-6-3-4-11-36-24/h3-9,11,14-16,18,21,25,41H,10,12-13,19-20H2,1-2H3,(H,37,38)(H,39,42)/b7-5+/t21-,25?/m0/s1. The number of carbonyl (C=O) groups is 1. The van der Waals surface area contributed by atoms with Gasteiger partial charge >= 0.3 is 0 Å². The number of aliphatic hydroxyl groups excluding tert-OH is 1. The van der Waals surface area contributed by atoms with E-state index in [9.17, 15) is 15.2 Å². The van der Waals surface area contributed by atoms with Gasteiger partial charge in [-0.2, -0.15) is 5.26 Å². The average molecular weight is 629 g/mol. The molecule has 1 amide bonds. The van der Waals surface area contributed by atoms with Gasteiger partial charge in [0.25, 0.3) is 0 Å². The summed E-state index contributed by atoms with van der Waals surface area (Å²) in [7, 11) is 1.75. The van der Waals surface area contributed by atoms with E-state index in [1.54, 1.807) is 61.5 Å². The molecule has 0 spiro atoms. The van der Waals surface area contributed by atoms with E-state index in [2.05, 4.69) is 26.7 Å². The zero-order chi connectivity index (χ0) is 31.8. The number of anilines is 3. The Balaban J connectivity index is 1.44. The molecule has 3 heterocycles. The third-order valence-corrected chi connectivity index (χ3v) is 7.43. The molecule has 1 aliphatic rings. The van der Waals surface area contributed by atoms with E-state index >= 15 is 0 Å². The van der Waals surface area contributed by atoms with E-state index in [1.807, 2.05) is 18.2 Å². The van der Waals surface area contributed by atoms with Gasteiger partial charge in [0.1, 0.15) is 36.5 Å². The maximum absolute atomic E-state index is 12.9. The molecule has 1 unspecified atom stereocenters. The van der Waals surface area contributed by atoms with Gasteiger partial charge < -0.3 is 30.0 Å². The first kappa shape index (κ1) is 31.7. The van der Waals surface area contributed by atoms with Crippen molar-refractivity contribution in [3.05, 3.63) is 89.4 Å². The summed E-state index contributed by atoms with van der Waals surface area (Å²) in [6.45, 7) is 3.32. The van der Waals surface area contributed by atoms with Gasteiger partial charge in [-0.1, -0.05) is 23.7 Å². The summed E-state index contributed by atoms with van der Waals surface area (Å²) in [5.41, 5.74) is 3.13. The fraction of sp³-hybridized carbons (Fsp3) is 0.273. The SMILES string of the molecule is C[C@H](O)N(C)C/C=C/C(=O)Nc1cc2c(Nc3ccc(OCc4ccccn4)c(Cl)c3)c(C#N)cnc2cc1OC1CCOC1. The number of likely N-dealkylation sites (N-methyl/N-ethyl adjacent to an activating group) is 1. The summed E-state index contributed by atoms with van der Waals surface area (Å²) >= 11 is 6.56. The van der Waals surface area contributed by atoms with E-state index in [-0.39, 0.29) is 18.6 Å². The number of nitrogens with zero attached hydrogens (tertiary/aromatic N) is 4. The first-order valence-electron chi connectivity index (χ1n) is 14.4. The number of pyridine rings is 2. The number of amides is 1. The minimum absolute atomic E-state index is 0.176. The highest BCUT2D eigenvalue weighted by Crippen LogP contribution is 2.38. The average Bonchev–Trinajstić information content (AvgIpc) is 3.55. The van der Waals surface area contributed by atoms with E-state index in [0.29, 0.717) is 76.2 Å². The zero-order valence-corrected chi connectivity index (χ0v) is 25.6. The van der Waals surface area contributed by atoms with Crippen molar-refractivity contribution in [3.63, 3.8) is 0 Å². The Morgan fingerprint density at radius 2 is 2.13 bits per heavy atom. The van der Waals surface area contributed by atoms with Crippen molar-refractivity contribution in [1.82, 2.24) is 14.9 Å². The van der Waals surface area contributed by atoms with E-state index in [1.165, 1.54) is 12.3 Å². The number of rotatable bonds is 12. The van der Waals surface area contributed by atoms with Crippen LogP contribution in [-0.2, 0) is 16.1 Å². The van der Waals surface area contributed by atoms with Crippen LogP contribution >= 0.6 is 11.6 Å². The molecule has 1 saturated heterocycles. The van der Waals surface area contributed by atoms with Gasteiger partial charge in [0, 0.05) is 48.6 Å². The molecule has 1 aliphatic heterocycles. The second kappa shape index (κ2) is 14.8. The number of carbonyl (C=O) groups excluding carboxylic acids is 1. The normalized spacial score (nSPS) is 15.2. The van der Waals surface area contributed by atoms with Gasteiger partial charge in [0.2, 0.25) is 5.91 Å². The van der Waals surface area contributed by atoms with Crippen LogP contribution in [0.2, 0.25) is 5.02 Å². The first-order valence-corrected chi connectivity index (χ1v) is 14.7. The lowest BCUT2D eigenvalue weighted by molar-refractivity contribution is -0.112. The molecule has 0 saturated carbocycles. The second-order valence-electron chi connectivity index (χ2n) is 10.5. The fourth-order valence-corrected chi connectivity index (χ4v) is 4.78. The molecule has 0 aliphatic carbocycles. The van der Waals surface area contributed by atoms with Gasteiger partial charge in [-0.25, -0.2) is 0 Å². The van der Waals surface area contributed by atoms with Crippen LogP contribution in [0.4, 0.5) is 17.1 Å². The van der Waals surface area contributed by atoms with Crippen molar-refractivity contribution in [2.45, 2.75) is 32.3 Å². The summed E-state index contributed by atoms with van der Waals surface area (Å²) in [6, 6.07) is 16.5. The largest absolute Gasteiger partial charge is 0.486 e. The highest BCUT2D eigenvalue weighted by molar-refractivity contribution is 6.32. The van der Waals surface area contributed by atoms with Gasteiger partial charge in [0.15, 0.2) is 0 Å². The maximum Gasteiger partial charge on any atom is 0.248 e. The summed E-state index contributed by atoms with van der Waals surface area (Å²) in [5.74, 6) is 0.539. The highest BCUT2D eigenvalue weighted by Gasteiger charge is 2.21. The number of nitrogens with one attached hydrogen (secondary N) is 2. The van der Waals surface area contributed by atoms with Crippen LogP contribution in [0.15, 0.2) is 73.1 Å². The van der Waals surface area contributed by atoms with Crippen LogP contribution in [0.1, 0.15) is 24.6 Å². The molecular formula is C33H33ClN6O5. The molecule has 2 atom stereocenters. The lowest BCUT2D eigenvalue weighted by Gasteiger charge is -2.19. The predicted octanol–water partition coefficient (Wildman–Crippen LogP) is 5.41. The Morgan fingerprint density at radius 1 is 1.27 bits per heavy atom. The lowest BCUT2D eigenvalue weighted by atomic mass is 10.1. The fourth-order valence-electron chi connectivity index (χ4n) is 4.55. The van der Waals surface area contributed by atoms with Crippen LogP contribution in [0, 0.1) is 11.3 Å². The zero-order valence-electron chi connectivity index (χ0n) is 24.9. The molecule has 11 nitrogen and oxygen atoms in total. The molecule has 4 aromatic rings. The van der Waals surface area contributed by atoms with Crippen LogP contribution in [0.25, 0.3) is 10.9 Å². The number of fused-ring (bicyclic) bond motifs is 1. The Bertz CT molecular complexity index is 1720. The van der Waals surface area contributed by atoms with E-state index in [4.69, 9.17) is 25.8 Å². The van der Waals surface area contributed by atoms with Gasteiger partial charge in [0.05, 0.1) is 46.4 Å². The quantitative estimate of drug-likeness (QED) is 0.138. The summed E-state index contributed by atoms with van der Waals surface area (Å²) < 4.78 is 17.5. The Hall–Kier alpha value is -4.73.